The topological polar surface area (TPSA) is 84.3 Å². The Bertz CT molecular complexity index is 937. The van der Waals surface area contributed by atoms with Crippen molar-refractivity contribution < 1.29 is 14.6 Å². The van der Waals surface area contributed by atoms with Crippen LogP contribution in [0, 0.1) is 0 Å². The number of hydrogen-bond acceptors (Lipinski definition) is 4. The SMILES string of the molecule is O=C(O)NC1(c2ccc(-c3ccc(COCc4cncnc4)cc3)cc2)CC1. The lowest BCUT2D eigenvalue weighted by Gasteiger charge is -2.16. The van der Waals surface area contributed by atoms with E-state index in [0.29, 0.717) is 13.2 Å². The molecule has 1 saturated carbocycles. The van der Waals surface area contributed by atoms with E-state index in [4.69, 9.17) is 9.84 Å². The molecule has 0 aliphatic heterocycles. The minimum Gasteiger partial charge on any atom is -0.465 e. The zero-order chi connectivity index (χ0) is 19.4. The molecule has 0 saturated heterocycles. The molecule has 0 atom stereocenters. The summed E-state index contributed by atoms with van der Waals surface area (Å²) in [6.07, 6.45) is 5.72. The van der Waals surface area contributed by atoms with E-state index in [1.807, 2.05) is 24.3 Å². The van der Waals surface area contributed by atoms with Gasteiger partial charge in [-0.25, -0.2) is 14.8 Å². The fourth-order valence-electron chi connectivity index (χ4n) is 3.28. The van der Waals surface area contributed by atoms with Crippen LogP contribution in [0.1, 0.15) is 29.5 Å². The lowest BCUT2D eigenvalue weighted by atomic mass is 9.99. The molecule has 142 valence electrons. The van der Waals surface area contributed by atoms with Gasteiger partial charge < -0.3 is 15.2 Å². The first-order valence-electron chi connectivity index (χ1n) is 9.17. The molecular formula is C22H21N3O3. The fourth-order valence-corrected chi connectivity index (χ4v) is 3.28. The average Bonchev–Trinajstić information content (AvgIpc) is 3.49. The van der Waals surface area contributed by atoms with E-state index >= 15 is 0 Å². The van der Waals surface area contributed by atoms with Gasteiger partial charge in [-0.15, -0.1) is 0 Å². The third-order valence-corrected chi connectivity index (χ3v) is 4.97. The molecule has 6 nitrogen and oxygen atoms in total. The van der Waals surface area contributed by atoms with E-state index in [0.717, 1.165) is 40.7 Å². The van der Waals surface area contributed by atoms with Crippen LogP contribution in [-0.2, 0) is 23.5 Å². The summed E-state index contributed by atoms with van der Waals surface area (Å²) < 4.78 is 5.71. The summed E-state index contributed by atoms with van der Waals surface area (Å²) in [7, 11) is 0. The summed E-state index contributed by atoms with van der Waals surface area (Å²) in [5.41, 5.74) is 4.89. The molecule has 2 aromatic carbocycles. The number of rotatable bonds is 7. The van der Waals surface area contributed by atoms with Crippen LogP contribution in [0.25, 0.3) is 11.1 Å². The molecule has 0 unspecified atom stereocenters. The van der Waals surface area contributed by atoms with Crippen LogP contribution in [0.5, 0.6) is 0 Å². The molecule has 6 heteroatoms. The summed E-state index contributed by atoms with van der Waals surface area (Å²) in [6.45, 7) is 1.01. The zero-order valence-electron chi connectivity index (χ0n) is 15.3. The third kappa shape index (κ3) is 4.18. The lowest BCUT2D eigenvalue weighted by Crippen LogP contribution is -2.33. The van der Waals surface area contributed by atoms with Crippen LogP contribution in [0.3, 0.4) is 0 Å². The highest BCUT2D eigenvalue weighted by Crippen LogP contribution is 2.45. The smallest absolute Gasteiger partial charge is 0.405 e. The summed E-state index contributed by atoms with van der Waals surface area (Å²) in [6, 6.07) is 16.4. The number of aromatic nitrogens is 2. The van der Waals surface area contributed by atoms with Crippen LogP contribution in [0.15, 0.2) is 67.3 Å². The van der Waals surface area contributed by atoms with Gasteiger partial charge >= 0.3 is 6.09 Å². The van der Waals surface area contributed by atoms with Crippen molar-refractivity contribution in [2.24, 2.45) is 0 Å². The third-order valence-electron chi connectivity index (χ3n) is 4.97. The largest absolute Gasteiger partial charge is 0.465 e. The Hall–Kier alpha value is -3.25. The van der Waals surface area contributed by atoms with Gasteiger partial charge in [0.15, 0.2) is 0 Å². The van der Waals surface area contributed by atoms with Crippen molar-refractivity contribution in [3.05, 3.63) is 83.9 Å². The number of amides is 1. The number of ether oxygens (including phenoxy) is 1. The van der Waals surface area contributed by atoms with E-state index < -0.39 is 11.6 Å². The van der Waals surface area contributed by atoms with Gasteiger partial charge in [-0.05, 0) is 35.1 Å². The Morgan fingerprint density at radius 3 is 2.07 bits per heavy atom. The van der Waals surface area contributed by atoms with E-state index in [1.165, 1.54) is 6.33 Å². The first-order valence-corrected chi connectivity index (χ1v) is 9.17. The van der Waals surface area contributed by atoms with Gasteiger partial charge in [0.25, 0.3) is 0 Å². The summed E-state index contributed by atoms with van der Waals surface area (Å²) in [5.74, 6) is 0. The van der Waals surface area contributed by atoms with Crippen LogP contribution in [0.4, 0.5) is 4.79 Å². The summed E-state index contributed by atoms with van der Waals surface area (Å²) >= 11 is 0. The number of benzene rings is 2. The second-order valence-corrected chi connectivity index (χ2v) is 7.03. The maximum Gasteiger partial charge on any atom is 0.405 e. The Kier molecular flexibility index (Phi) is 5.04. The van der Waals surface area contributed by atoms with Gasteiger partial charge in [0, 0.05) is 18.0 Å². The number of nitrogens with one attached hydrogen (secondary N) is 1. The van der Waals surface area contributed by atoms with Gasteiger partial charge in [-0.1, -0.05) is 48.5 Å². The van der Waals surface area contributed by atoms with E-state index in [-0.39, 0.29) is 0 Å². The number of carbonyl (C=O) groups is 1. The predicted octanol–water partition coefficient (Wildman–Crippen LogP) is 4.12. The standard InChI is InChI=1S/C22H21N3O3/c26-21(27)25-22(9-10-22)20-7-5-19(6-8-20)18-3-1-16(2-4-18)13-28-14-17-11-23-15-24-12-17/h1-8,11-12,15,25H,9-10,13-14H2,(H,26,27). The van der Waals surface area contributed by atoms with Gasteiger partial charge in [-0.2, -0.15) is 0 Å². The van der Waals surface area contributed by atoms with E-state index in [9.17, 15) is 4.79 Å². The second kappa shape index (κ2) is 7.78. The van der Waals surface area contributed by atoms with Gasteiger partial charge in [0.1, 0.15) is 6.33 Å². The molecule has 0 spiro atoms. The van der Waals surface area contributed by atoms with Crippen molar-refractivity contribution in [2.75, 3.05) is 0 Å². The van der Waals surface area contributed by atoms with Crippen molar-refractivity contribution in [3.63, 3.8) is 0 Å². The Labute approximate surface area is 163 Å². The summed E-state index contributed by atoms with van der Waals surface area (Å²) in [4.78, 5) is 18.9. The molecular weight excluding hydrogens is 354 g/mol. The normalized spacial score (nSPS) is 14.4. The second-order valence-electron chi connectivity index (χ2n) is 7.03. The monoisotopic (exact) mass is 375 g/mol. The molecule has 1 aliphatic rings. The molecule has 0 bridgehead atoms. The van der Waals surface area contributed by atoms with Crippen molar-refractivity contribution >= 4 is 6.09 Å². The first-order chi connectivity index (χ1) is 13.6. The molecule has 1 aliphatic carbocycles. The van der Waals surface area contributed by atoms with Crippen molar-refractivity contribution in [2.45, 2.75) is 31.6 Å². The van der Waals surface area contributed by atoms with Gasteiger partial charge in [0.2, 0.25) is 0 Å². The molecule has 28 heavy (non-hydrogen) atoms. The Morgan fingerprint density at radius 2 is 1.50 bits per heavy atom. The van der Waals surface area contributed by atoms with Crippen LogP contribution in [0.2, 0.25) is 0 Å². The van der Waals surface area contributed by atoms with E-state index in [2.05, 4.69) is 39.6 Å². The number of nitrogens with zero attached hydrogens (tertiary/aromatic N) is 2. The highest BCUT2D eigenvalue weighted by atomic mass is 16.5. The van der Waals surface area contributed by atoms with Crippen LogP contribution < -0.4 is 5.32 Å². The molecule has 1 amide bonds. The average molecular weight is 375 g/mol. The first kappa shape index (κ1) is 18.1. The maximum absolute atomic E-state index is 11.0. The van der Waals surface area contributed by atoms with Crippen molar-refractivity contribution in [1.29, 1.82) is 0 Å². The molecule has 1 heterocycles. The summed E-state index contributed by atoms with van der Waals surface area (Å²) in [5, 5.41) is 11.6. The van der Waals surface area contributed by atoms with Crippen molar-refractivity contribution in [3.8, 4) is 11.1 Å². The van der Waals surface area contributed by atoms with Gasteiger partial charge in [0.05, 0.1) is 18.8 Å². The maximum atomic E-state index is 11.0. The van der Waals surface area contributed by atoms with Crippen LogP contribution in [-0.4, -0.2) is 21.2 Å². The zero-order valence-corrected chi connectivity index (χ0v) is 15.3. The fraction of sp³-hybridized carbons (Fsp3) is 0.227. The highest BCUT2D eigenvalue weighted by molar-refractivity contribution is 5.68. The highest BCUT2D eigenvalue weighted by Gasteiger charge is 2.45. The van der Waals surface area contributed by atoms with E-state index in [1.54, 1.807) is 12.4 Å². The molecule has 0 radical (unpaired) electrons. The molecule has 1 fully saturated rings. The van der Waals surface area contributed by atoms with Gasteiger partial charge in [-0.3, -0.25) is 0 Å². The predicted molar refractivity (Wildman–Crippen MR) is 104 cm³/mol. The lowest BCUT2D eigenvalue weighted by molar-refractivity contribution is 0.107. The Morgan fingerprint density at radius 1 is 0.929 bits per heavy atom. The molecule has 1 aromatic heterocycles. The number of hydrogen-bond donors (Lipinski definition) is 2. The quantitative estimate of drug-likeness (QED) is 0.649. The Balaban J connectivity index is 1.36. The van der Waals surface area contributed by atoms with Crippen LogP contribution >= 0.6 is 0 Å². The minimum atomic E-state index is -0.973. The molecule has 4 rings (SSSR count). The molecule has 2 N–H and O–H groups in total. The molecule has 3 aromatic rings. The van der Waals surface area contributed by atoms with Crippen molar-refractivity contribution in [1.82, 2.24) is 15.3 Å². The minimum absolute atomic E-state index is 0.393. The number of carboxylic acid groups (broad SMARTS) is 1.